The van der Waals surface area contributed by atoms with Crippen LogP contribution in [0.1, 0.15) is 39.0 Å². The maximum atomic E-state index is 5.94. The summed E-state index contributed by atoms with van der Waals surface area (Å²) < 4.78 is 17.4. The molecule has 25 heavy (non-hydrogen) atoms. The lowest BCUT2D eigenvalue weighted by Gasteiger charge is -2.37. The lowest BCUT2D eigenvalue weighted by molar-refractivity contribution is -0.0817. The maximum Gasteiger partial charge on any atom is 0.194 e. The third-order valence-corrected chi connectivity index (χ3v) is 4.87. The molecule has 1 N–H and O–H groups in total. The van der Waals surface area contributed by atoms with Gasteiger partial charge in [-0.3, -0.25) is 4.99 Å². The number of nitrogens with zero attached hydrogens (tertiary/aromatic N) is 2. The summed E-state index contributed by atoms with van der Waals surface area (Å²) in [4.78, 5) is 7.11. The van der Waals surface area contributed by atoms with E-state index >= 15 is 0 Å². The van der Waals surface area contributed by atoms with Gasteiger partial charge in [-0.15, -0.1) is 24.0 Å². The second kappa shape index (κ2) is 11.6. The van der Waals surface area contributed by atoms with E-state index in [1.807, 2.05) is 0 Å². The molecular formula is C18H34IN3O3. The molecule has 6 nitrogen and oxygen atoms in total. The number of ether oxygens (including phenoxy) is 3. The minimum absolute atomic E-state index is 0. The molecule has 2 atom stereocenters. The summed E-state index contributed by atoms with van der Waals surface area (Å²) in [5.74, 6) is 1.85. The van der Waals surface area contributed by atoms with Crippen LogP contribution in [0, 0.1) is 5.92 Å². The van der Waals surface area contributed by atoms with Gasteiger partial charge in [0.2, 0.25) is 0 Å². The van der Waals surface area contributed by atoms with E-state index in [1.54, 1.807) is 0 Å². The Hall–Kier alpha value is -0.120. The number of guanidine groups is 1. The lowest BCUT2D eigenvalue weighted by atomic mass is 10.1. The zero-order chi connectivity index (χ0) is 16.6. The van der Waals surface area contributed by atoms with E-state index < -0.39 is 0 Å². The van der Waals surface area contributed by atoms with Crippen LogP contribution in [0.2, 0.25) is 0 Å². The number of morpholine rings is 1. The van der Waals surface area contributed by atoms with Gasteiger partial charge in [0.1, 0.15) is 6.10 Å². The van der Waals surface area contributed by atoms with Gasteiger partial charge in [-0.05, 0) is 44.9 Å². The lowest BCUT2D eigenvalue weighted by Crippen LogP contribution is -2.53. The van der Waals surface area contributed by atoms with Crippen molar-refractivity contribution in [1.29, 1.82) is 0 Å². The molecule has 0 aromatic rings. The minimum atomic E-state index is 0. The zero-order valence-corrected chi connectivity index (χ0v) is 17.8. The summed E-state index contributed by atoms with van der Waals surface area (Å²) in [6, 6.07) is 0. The summed E-state index contributed by atoms with van der Waals surface area (Å²) in [7, 11) is 0. The normalized spacial score (nSPS) is 27.2. The molecule has 3 fully saturated rings. The molecule has 0 spiro atoms. The van der Waals surface area contributed by atoms with Crippen molar-refractivity contribution in [2.45, 2.75) is 51.2 Å². The molecule has 1 aliphatic carbocycles. The van der Waals surface area contributed by atoms with Crippen LogP contribution in [0.15, 0.2) is 4.99 Å². The summed E-state index contributed by atoms with van der Waals surface area (Å²) in [6.07, 6.45) is 6.39. The van der Waals surface area contributed by atoms with Gasteiger partial charge in [0.15, 0.2) is 5.96 Å². The summed E-state index contributed by atoms with van der Waals surface area (Å²) >= 11 is 0. The molecule has 7 heteroatoms. The number of hydrogen-bond acceptors (Lipinski definition) is 4. The second-order valence-electron chi connectivity index (χ2n) is 7.01. The van der Waals surface area contributed by atoms with Crippen LogP contribution < -0.4 is 5.32 Å². The fourth-order valence-corrected chi connectivity index (χ4v) is 3.30. The van der Waals surface area contributed by atoms with Crippen LogP contribution in [0.25, 0.3) is 0 Å². The number of hydrogen-bond donors (Lipinski definition) is 1. The van der Waals surface area contributed by atoms with Gasteiger partial charge in [-0.1, -0.05) is 0 Å². The Kier molecular flexibility index (Phi) is 9.80. The summed E-state index contributed by atoms with van der Waals surface area (Å²) in [5, 5.41) is 3.42. The number of rotatable bonds is 8. The predicted molar refractivity (Wildman–Crippen MR) is 110 cm³/mol. The molecule has 2 aliphatic heterocycles. The van der Waals surface area contributed by atoms with Crippen LogP contribution in [0.3, 0.4) is 0 Å². The van der Waals surface area contributed by atoms with Gasteiger partial charge in [-0.25, -0.2) is 0 Å². The molecular weight excluding hydrogens is 433 g/mol. The molecule has 0 radical (unpaired) electrons. The molecule has 3 aliphatic rings. The first-order chi connectivity index (χ1) is 11.9. The molecule has 0 bridgehead atoms. The zero-order valence-electron chi connectivity index (χ0n) is 15.5. The fraction of sp³-hybridized carbons (Fsp3) is 0.944. The second-order valence-corrected chi connectivity index (χ2v) is 7.01. The first kappa shape index (κ1) is 21.2. The summed E-state index contributed by atoms with van der Waals surface area (Å²) in [5.41, 5.74) is 0. The molecule has 2 unspecified atom stereocenters. The van der Waals surface area contributed by atoms with Gasteiger partial charge in [0, 0.05) is 46.0 Å². The number of halogens is 1. The van der Waals surface area contributed by atoms with Crippen LogP contribution in [0.5, 0.6) is 0 Å². The Balaban J connectivity index is 0.00000225. The van der Waals surface area contributed by atoms with E-state index in [2.05, 4.69) is 17.1 Å². The smallest absolute Gasteiger partial charge is 0.194 e. The van der Waals surface area contributed by atoms with Crippen LogP contribution in [-0.2, 0) is 14.2 Å². The van der Waals surface area contributed by atoms with Crippen LogP contribution in [0.4, 0.5) is 0 Å². The quantitative estimate of drug-likeness (QED) is 0.257. The van der Waals surface area contributed by atoms with E-state index in [0.717, 1.165) is 83.7 Å². The van der Waals surface area contributed by atoms with Crippen molar-refractivity contribution >= 4 is 29.9 Å². The monoisotopic (exact) mass is 467 g/mol. The van der Waals surface area contributed by atoms with Crippen LogP contribution in [-0.4, -0.2) is 75.7 Å². The van der Waals surface area contributed by atoms with Crippen LogP contribution >= 0.6 is 24.0 Å². The van der Waals surface area contributed by atoms with E-state index in [-0.39, 0.29) is 36.2 Å². The highest BCUT2D eigenvalue weighted by Crippen LogP contribution is 2.28. The van der Waals surface area contributed by atoms with Gasteiger partial charge < -0.3 is 24.4 Å². The van der Waals surface area contributed by atoms with Crippen molar-refractivity contribution in [1.82, 2.24) is 10.2 Å². The highest BCUT2D eigenvalue weighted by Gasteiger charge is 2.32. The Morgan fingerprint density at radius 3 is 2.76 bits per heavy atom. The molecule has 2 heterocycles. The van der Waals surface area contributed by atoms with E-state index in [4.69, 9.17) is 19.2 Å². The van der Waals surface area contributed by atoms with Crippen molar-refractivity contribution in [2.75, 3.05) is 52.6 Å². The van der Waals surface area contributed by atoms with Gasteiger partial charge in [-0.2, -0.15) is 0 Å². The first-order valence-corrected chi connectivity index (χ1v) is 9.71. The topological polar surface area (TPSA) is 55.3 Å². The van der Waals surface area contributed by atoms with E-state index in [0.29, 0.717) is 0 Å². The SMILES string of the molecule is CCNC(=NCCCOCC1CC1)N1CCOC(C2CCCO2)C1.I. The Morgan fingerprint density at radius 2 is 2.04 bits per heavy atom. The standard InChI is InChI=1S/C18H33N3O3.HI/c1-2-19-18(20-8-4-10-22-14-15-6-7-15)21-9-12-24-17(13-21)16-5-3-11-23-16;/h15-17H,2-14H2,1H3,(H,19,20);1H. The molecule has 3 rings (SSSR count). The minimum Gasteiger partial charge on any atom is -0.381 e. The van der Waals surface area contributed by atoms with Gasteiger partial charge >= 0.3 is 0 Å². The van der Waals surface area contributed by atoms with Crippen molar-refractivity contribution < 1.29 is 14.2 Å². The largest absolute Gasteiger partial charge is 0.381 e. The Morgan fingerprint density at radius 1 is 1.20 bits per heavy atom. The predicted octanol–water partition coefficient (Wildman–Crippen LogP) is 2.27. The number of nitrogens with one attached hydrogen (secondary N) is 1. The van der Waals surface area contributed by atoms with E-state index in [9.17, 15) is 0 Å². The molecule has 0 amide bonds. The molecule has 1 saturated carbocycles. The van der Waals surface area contributed by atoms with Crippen molar-refractivity contribution in [2.24, 2.45) is 10.9 Å². The summed E-state index contributed by atoms with van der Waals surface area (Å²) in [6.45, 7) is 8.97. The molecule has 2 saturated heterocycles. The number of aliphatic imine (C=N–C) groups is 1. The Bertz CT molecular complexity index is 401. The third-order valence-electron chi connectivity index (χ3n) is 4.87. The average molecular weight is 467 g/mol. The van der Waals surface area contributed by atoms with Crippen molar-refractivity contribution in [3.05, 3.63) is 0 Å². The maximum absolute atomic E-state index is 5.94. The highest BCUT2D eigenvalue weighted by atomic mass is 127. The first-order valence-electron chi connectivity index (χ1n) is 9.71. The van der Waals surface area contributed by atoms with Gasteiger partial charge in [0.25, 0.3) is 0 Å². The van der Waals surface area contributed by atoms with E-state index in [1.165, 1.54) is 12.8 Å². The Labute approximate surface area is 169 Å². The molecule has 0 aromatic carbocycles. The highest BCUT2D eigenvalue weighted by molar-refractivity contribution is 14.0. The molecule has 146 valence electrons. The average Bonchev–Trinajstić information content (AvgIpc) is 3.27. The van der Waals surface area contributed by atoms with Crippen molar-refractivity contribution in [3.63, 3.8) is 0 Å². The third kappa shape index (κ3) is 7.19. The van der Waals surface area contributed by atoms with Crippen molar-refractivity contribution in [3.8, 4) is 0 Å². The fourth-order valence-electron chi connectivity index (χ4n) is 3.30. The van der Waals surface area contributed by atoms with Gasteiger partial charge in [0.05, 0.1) is 12.7 Å². The molecule has 0 aromatic heterocycles.